The number of halogens is 1. The summed E-state index contributed by atoms with van der Waals surface area (Å²) in [4.78, 5) is 36.0. The predicted octanol–water partition coefficient (Wildman–Crippen LogP) is 0.893. The van der Waals surface area contributed by atoms with Gasteiger partial charge in [-0.2, -0.15) is 0 Å². The van der Waals surface area contributed by atoms with Gasteiger partial charge in [-0.1, -0.05) is 6.07 Å². The van der Waals surface area contributed by atoms with Gasteiger partial charge in [0.05, 0.1) is 11.4 Å². The van der Waals surface area contributed by atoms with Crippen LogP contribution >= 0.6 is 11.3 Å². The van der Waals surface area contributed by atoms with E-state index in [0.29, 0.717) is 4.88 Å². The molecule has 1 fully saturated rings. The van der Waals surface area contributed by atoms with Gasteiger partial charge >= 0.3 is 5.97 Å². The second-order valence-corrected chi connectivity index (χ2v) is 5.77. The number of likely N-dealkylation sites (tertiary alicyclic amines) is 1. The van der Waals surface area contributed by atoms with E-state index in [2.05, 4.69) is 5.32 Å². The highest BCUT2D eigenvalue weighted by atomic mass is 32.1. The van der Waals surface area contributed by atoms with Crippen molar-refractivity contribution in [1.82, 2.24) is 10.2 Å². The molecule has 2 rings (SSSR count). The van der Waals surface area contributed by atoms with Crippen molar-refractivity contribution in [3.63, 3.8) is 0 Å². The van der Waals surface area contributed by atoms with E-state index in [-0.39, 0.29) is 37.7 Å². The highest BCUT2D eigenvalue weighted by Gasteiger charge is 2.46. The minimum absolute atomic E-state index is 0.0206. The molecule has 1 aliphatic rings. The molecule has 0 saturated carbocycles. The molecule has 1 saturated heterocycles. The Morgan fingerprint density at radius 3 is 2.81 bits per heavy atom. The van der Waals surface area contributed by atoms with Crippen LogP contribution < -0.4 is 5.32 Å². The second-order valence-electron chi connectivity index (χ2n) is 4.82. The Bertz CT molecular complexity index is 548. The molecule has 114 valence electrons. The van der Waals surface area contributed by atoms with Gasteiger partial charge in [0.2, 0.25) is 11.6 Å². The van der Waals surface area contributed by atoms with Crippen molar-refractivity contribution in [2.24, 2.45) is 0 Å². The molecule has 1 aromatic heterocycles. The maximum absolute atomic E-state index is 13.8. The number of hydrogen-bond acceptors (Lipinski definition) is 4. The lowest BCUT2D eigenvalue weighted by molar-refractivity contribution is -0.150. The van der Waals surface area contributed by atoms with Crippen LogP contribution in [-0.4, -0.2) is 53.1 Å². The first-order valence-corrected chi connectivity index (χ1v) is 7.32. The zero-order valence-corrected chi connectivity index (χ0v) is 12.0. The maximum atomic E-state index is 13.8. The van der Waals surface area contributed by atoms with Crippen LogP contribution in [0.15, 0.2) is 17.5 Å². The third-order valence-electron chi connectivity index (χ3n) is 3.32. The van der Waals surface area contributed by atoms with Crippen LogP contribution in [-0.2, 0) is 9.59 Å². The molecule has 1 aromatic rings. The normalized spacial score (nSPS) is 21.3. The van der Waals surface area contributed by atoms with Gasteiger partial charge in [-0.15, -0.1) is 11.3 Å². The Kier molecular flexibility index (Phi) is 4.56. The number of rotatable bonds is 5. The van der Waals surface area contributed by atoms with Crippen LogP contribution in [0, 0.1) is 0 Å². The fourth-order valence-electron chi connectivity index (χ4n) is 2.10. The van der Waals surface area contributed by atoms with Gasteiger partial charge in [0, 0.05) is 25.9 Å². The summed E-state index contributed by atoms with van der Waals surface area (Å²) >= 11 is 1.30. The largest absolute Gasteiger partial charge is 0.479 e. The molecular formula is C13H15FN2O4S. The minimum atomic E-state index is -2.35. The van der Waals surface area contributed by atoms with Crippen LogP contribution in [0.3, 0.4) is 0 Å². The van der Waals surface area contributed by atoms with Gasteiger partial charge in [-0.25, -0.2) is 9.18 Å². The first-order chi connectivity index (χ1) is 9.92. The summed E-state index contributed by atoms with van der Waals surface area (Å²) in [5.74, 6) is -2.16. The van der Waals surface area contributed by atoms with E-state index in [1.54, 1.807) is 17.5 Å². The Morgan fingerprint density at radius 2 is 2.24 bits per heavy atom. The summed E-state index contributed by atoms with van der Waals surface area (Å²) in [5, 5.41) is 13.1. The van der Waals surface area contributed by atoms with Gasteiger partial charge in [-0.3, -0.25) is 9.59 Å². The number of nitrogens with zero attached hydrogens (tertiary/aromatic N) is 1. The van der Waals surface area contributed by atoms with Crippen molar-refractivity contribution >= 4 is 29.1 Å². The summed E-state index contributed by atoms with van der Waals surface area (Å²) < 4.78 is 13.8. The molecule has 2 amide bonds. The Morgan fingerprint density at radius 1 is 1.48 bits per heavy atom. The van der Waals surface area contributed by atoms with Crippen molar-refractivity contribution in [2.75, 3.05) is 19.6 Å². The molecule has 0 radical (unpaired) electrons. The van der Waals surface area contributed by atoms with Crippen LogP contribution in [0.25, 0.3) is 0 Å². The summed E-state index contributed by atoms with van der Waals surface area (Å²) in [6, 6.07) is 3.42. The molecular weight excluding hydrogens is 299 g/mol. The predicted molar refractivity (Wildman–Crippen MR) is 73.9 cm³/mol. The van der Waals surface area contributed by atoms with Crippen LogP contribution in [0.4, 0.5) is 4.39 Å². The van der Waals surface area contributed by atoms with Gasteiger partial charge in [0.15, 0.2) is 0 Å². The van der Waals surface area contributed by atoms with Crippen molar-refractivity contribution in [3.05, 3.63) is 22.4 Å². The Balaban J connectivity index is 1.76. The van der Waals surface area contributed by atoms with Gasteiger partial charge in [0.1, 0.15) is 0 Å². The van der Waals surface area contributed by atoms with Gasteiger partial charge in [-0.05, 0) is 11.4 Å². The monoisotopic (exact) mass is 314 g/mol. The summed E-state index contributed by atoms with van der Waals surface area (Å²) in [7, 11) is 0. The van der Waals surface area contributed by atoms with Crippen LogP contribution in [0.2, 0.25) is 0 Å². The summed E-state index contributed by atoms with van der Waals surface area (Å²) in [6.07, 6.45) is -0.178. The molecule has 1 aliphatic heterocycles. The van der Waals surface area contributed by atoms with E-state index in [0.717, 1.165) is 0 Å². The molecule has 0 bridgehead atoms. The number of hydrogen-bond donors (Lipinski definition) is 2. The number of carboxylic acids is 1. The molecule has 0 spiro atoms. The van der Waals surface area contributed by atoms with E-state index < -0.39 is 18.2 Å². The Hall–Kier alpha value is -1.96. The Labute approximate surface area is 124 Å². The topological polar surface area (TPSA) is 86.7 Å². The minimum Gasteiger partial charge on any atom is -0.479 e. The van der Waals surface area contributed by atoms with E-state index >= 15 is 0 Å². The first kappa shape index (κ1) is 15.4. The van der Waals surface area contributed by atoms with Crippen molar-refractivity contribution < 1.29 is 23.9 Å². The molecule has 6 nitrogen and oxygen atoms in total. The lowest BCUT2D eigenvalue weighted by atomic mass is 10.1. The molecule has 0 aromatic carbocycles. The molecule has 21 heavy (non-hydrogen) atoms. The summed E-state index contributed by atoms with van der Waals surface area (Å²) in [5.41, 5.74) is -2.35. The summed E-state index contributed by atoms with van der Waals surface area (Å²) in [6.45, 7) is -0.209. The van der Waals surface area contributed by atoms with Crippen LogP contribution in [0.1, 0.15) is 22.5 Å². The number of alkyl halides is 1. The van der Waals surface area contributed by atoms with Crippen molar-refractivity contribution in [3.8, 4) is 0 Å². The highest BCUT2D eigenvalue weighted by Crippen LogP contribution is 2.26. The van der Waals surface area contributed by atoms with E-state index in [4.69, 9.17) is 5.11 Å². The average molecular weight is 314 g/mol. The number of aliphatic carboxylic acids is 1. The quantitative estimate of drug-likeness (QED) is 0.845. The molecule has 8 heteroatoms. The second kappa shape index (κ2) is 6.21. The van der Waals surface area contributed by atoms with Gasteiger partial charge in [0.25, 0.3) is 5.91 Å². The number of nitrogens with one attached hydrogen (secondary N) is 1. The van der Waals surface area contributed by atoms with Crippen molar-refractivity contribution in [2.45, 2.75) is 18.5 Å². The lowest BCUT2D eigenvalue weighted by Gasteiger charge is -2.17. The maximum Gasteiger partial charge on any atom is 0.343 e. The third-order valence-corrected chi connectivity index (χ3v) is 4.19. The number of thiophene rings is 1. The fourth-order valence-corrected chi connectivity index (χ4v) is 2.74. The average Bonchev–Trinajstić information content (AvgIpc) is 3.08. The fraction of sp³-hybridized carbons (Fsp3) is 0.462. The smallest absolute Gasteiger partial charge is 0.343 e. The van der Waals surface area contributed by atoms with E-state index in [1.165, 1.54) is 16.2 Å². The zero-order chi connectivity index (χ0) is 15.5. The number of amides is 2. The third kappa shape index (κ3) is 3.57. The van der Waals surface area contributed by atoms with E-state index in [1.807, 2.05) is 0 Å². The molecule has 2 N–H and O–H groups in total. The lowest BCUT2D eigenvalue weighted by Crippen LogP contribution is -2.39. The van der Waals surface area contributed by atoms with Crippen molar-refractivity contribution in [1.29, 1.82) is 0 Å². The standard InChI is InChI=1S/C13H15FN2O4S/c14-13(12(19)20)4-6-16(8-13)10(17)3-5-15-11(18)9-2-1-7-21-9/h1-2,7H,3-6,8H2,(H,15,18)(H,19,20). The molecule has 1 unspecified atom stereocenters. The van der Waals surface area contributed by atoms with Gasteiger partial charge < -0.3 is 15.3 Å². The molecule has 2 heterocycles. The molecule has 0 aliphatic carbocycles. The first-order valence-electron chi connectivity index (χ1n) is 6.44. The molecule has 1 atom stereocenters. The number of carboxylic acid groups (broad SMARTS) is 1. The number of carbonyl (C=O) groups is 3. The SMILES string of the molecule is O=C(NCCC(=O)N1CCC(F)(C(=O)O)C1)c1cccs1. The van der Waals surface area contributed by atoms with E-state index in [9.17, 15) is 18.8 Å². The zero-order valence-electron chi connectivity index (χ0n) is 11.2. The van der Waals surface area contributed by atoms with Crippen LogP contribution in [0.5, 0.6) is 0 Å². The highest BCUT2D eigenvalue weighted by molar-refractivity contribution is 7.12. The number of carbonyl (C=O) groups excluding carboxylic acids is 2.